The fourth-order valence-corrected chi connectivity index (χ4v) is 4.81. The number of hydrogen-bond donors (Lipinski definition) is 3. The Kier molecular flexibility index (Phi) is 8.06. The third-order valence-electron chi connectivity index (χ3n) is 6.68. The van der Waals surface area contributed by atoms with Crippen LogP contribution in [0.1, 0.15) is 55.2 Å². The maximum Gasteiger partial charge on any atom is 0.408 e. The summed E-state index contributed by atoms with van der Waals surface area (Å²) in [6, 6.07) is 11.9. The highest BCUT2D eigenvalue weighted by Crippen LogP contribution is 2.25. The van der Waals surface area contributed by atoms with Crippen LogP contribution >= 0.6 is 11.6 Å². The molecule has 9 nitrogen and oxygen atoms in total. The highest BCUT2D eigenvalue weighted by Gasteiger charge is 2.35. The van der Waals surface area contributed by atoms with Crippen molar-refractivity contribution in [3.05, 3.63) is 76.7 Å². The molecule has 1 aromatic carbocycles. The van der Waals surface area contributed by atoms with Gasteiger partial charge in [0.05, 0.1) is 5.69 Å². The molecule has 1 fully saturated rings. The van der Waals surface area contributed by atoms with Gasteiger partial charge in [-0.15, -0.1) is 0 Å². The SMILES string of the molecule is CC(C)(C)N(Cc1ccc(Cl)cc1CNC(=O)[C@@H]1CCCN1C(=O)c1cc(-c2ccccn2)c[nH]1)C(=O)O. The van der Waals surface area contributed by atoms with Crippen molar-refractivity contribution in [2.45, 2.75) is 58.3 Å². The molecule has 0 bridgehead atoms. The first-order chi connectivity index (χ1) is 18.0. The van der Waals surface area contributed by atoms with Gasteiger partial charge in [0, 0.05) is 48.2 Å². The molecule has 0 aliphatic carbocycles. The van der Waals surface area contributed by atoms with Gasteiger partial charge in [0.2, 0.25) is 5.91 Å². The molecule has 2 aromatic heterocycles. The minimum atomic E-state index is -1.03. The average molecular weight is 538 g/mol. The number of aromatic nitrogens is 2. The molecule has 3 heterocycles. The van der Waals surface area contributed by atoms with E-state index in [4.69, 9.17) is 11.6 Å². The number of rotatable bonds is 7. The van der Waals surface area contributed by atoms with Crippen LogP contribution in [-0.2, 0) is 17.9 Å². The highest BCUT2D eigenvalue weighted by molar-refractivity contribution is 6.30. The van der Waals surface area contributed by atoms with E-state index in [2.05, 4.69) is 15.3 Å². The lowest BCUT2D eigenvalue weighted by Gasteiger charge is -2.33. The molecule has 3 aromatic rings. The second kappa shape index (κ2) is 11.3. The molecule has 200 valence electrons. The Balaban J connectivity index is 1.45. The zero-order valence-electron chi connectivity index (χ0n) is 21.7. The number of nitrogens with one attached hydrogen (secondary N) is 2. The van der Waals surface area contributed by atoms with Crippen LogP contribution in [0.5, 0.6) is 0 Å². The van der Waals surface area contributed by atoms with E-state index in [0.29, 0.717) is 23.7 Å². The smallest absolute Gasteiger partial charge is 0.408 e. The van der Waals surface area contributed by atoms with Crippen molar-refractivity contribution in [1.82, 2.24) is 25.1 Å². The van der Waals surface area contributed by atoms with Crippen LogP contribution in [0.25, 0.3) is 11.3 Å². The summed E-state index contributed by atoms with van der Waals surface area (Å²) in [4.78, 5) is 48.6. The van der Waals surface area contributed by atoms with Crippen LogP contribution in [0.3, 0.4) is 0 Å². The molecule has 1 atom stereocenters. The second-order valence-corrected chi connectivity index (χ2v) is 10.8. The zero-order chi connectivity index (χ0) is 27.4. The topological polar surface area (TPSA) is 119 Å². The fraction of sp³-hybridized carbons (Fsp3) is 0.357. The Labute approximate surface area is 226 Å². The standard InChI is InChI=1S/C28H32ClN5O4/c1-28(2,3)34(27(37)38)17-18-9-10-21(29)13-19(18)15-32-25(35)24-8-6-12-33(24)26(36)23-14-20(16-31-23)22-7-4-5-11-30-22/h4-5,7,9-11,13-14,16,24,31H,6,8,12,15,17H2,1-3H3,(H,32,35)(H,37,38)/t24-/m0/s1. The van der Waals surface area contributed by atoms with Crippen LogP contribution in [0.4, 0.5) is 4.79 Å². The van der Waals surface area contributed by atoms with Crippen molar-refractivity contribution < 1.29 is 19.5 Å². The second-order valence-electron chi connectivity index (χ2n) is 10.3. The van der Waals surface area contributed by atoms with E-state index in [-0.39, 0.29) is 24.9 Å². The predicted molar refractivity (Wildman–Crippen MR) is 145 cm³/mol. The van der Waals surface area contributed by atoms with Crippen molar-refractivity contribution in [3.63, 3.8) is 0 Å². The molecule has 0 saturated carbocycles. The quantitative estimate of drug-likeness (QED) is 0.395. The van der Waals surface area contributed by atoms with Gasteiger partial charge >= 0.3 is 6.09 Å². The molecular weight excluding hydrogens is 506 g/mol. The van der Waals surface area contributed by atoms with Gasteiger partial charge in [0.15, 0.2) is 0 Å². The van der Waals surface area contributed by atoms with E-state index in [1.54, 1.807) is 41.6 Å². The summed E-state index contributed by atoms with van der Waals surface area (Å²) in [6.45, 7) is 6.28. The molecule has 38 heavy (non-hydrogen) atoms. The third kappa shape index (κ3) is 6.16. The summed E-state index contributed by atoms with van der Waals surface area (Å²) in [7, 11) is 0. The van der Waals surface area contributed by atoms with Crippen molar-refractivity contribution in [2.24, 2.45) is 0 Å². The number of likely N-dealkylation sites (tertiary alicyclic amines) is 1. The Morgan fingerprint density at radius 2 is 1.97 bits per heavy atom. The van der Waals surface area contributed by atoms with Crippen molar-refractivity contribution in [2.75, 3.05) is 6.54 Å². The molecule has 10 heteroatoms. The van der Waals surface area contributed by atoms with E-state index in [9.17, 15) is 19.5 Å². The van der Waals surface area contributed by atoms with Gasteiger partial charge < -0.3 is 20.3 Å². The molecule has 0 radical (unpaired) electrons. The number of nitrogens with zero attached hydrogens (tertiary/aromatic N) is 3. The van der Waals surface area contributed by atoms with E-state index >= 15 is 0 Å². The number of carbonyl (C=O) groups excluding carboxylic acids is 2. The van der Waals surface area contributed by atoms with E-state index in [0.717, 1.165) is 28.8 Å². The summed E-state index contributed by atoms with van der Waals surface area (Å²) in [6.07, 6.45) is 3.68. The Morgan fingerprint density at radius 1 is 1.18 bits per heavy atom. The normalized spacial score (nSPS) is 15.4. The first-order valence-corrected chi connectivity index (χ1v) is 12.9. The number of carboxylic acid groups (broad SMARTS) is 1. The number of benzene rings is 1. The summed E-state index contributed by atoms with van der Waals surface area (Å²) >= 11 is 6.22. The van der Waals surface area contributed by atoms with Crippen LogP contribution in [0.2, 0.25) is 5.02 Å². The summed E-state index contributed by atoms with van der Waals surface area (Å²) in [5.41, 5.74) is 2.82. The van der Waals surface area contributed by atoms with Crippen LogP contribution in [0, 0.1) is 0 Å². The van der Waals surface area contributed by atoms with Gasteiger partial charge in [-0.25, -0.2) is 4.79 Å². The lowest BCUT2D eigenvalue weighted by atomic mass is 10.0. The number of aromatic amines is 1. The molecular formula is C28H32ClN5O4. The molecule has 1 aliphatic rings. The molecule has 3 amide bonds. The van der Waals surface area contributed by atoms with E-state index in [1.165, 1.54) is 4.90 Å². The zero-order valence-corrected chi connectivity index (χ0v) is 22.5. The molecule has 3 N–H and O–H groups in total. The maximum absolute atomic E-state index is 13.3. The number of amides is 3. The van der Waals surface area contributed by atoms with Crippen molar-refractivity contribution in [1.29, 1.82) is 0 Å². The molecule has 0 unspecified atom stereocenters. The van der Waals surface area contributed by atoms with Gasteiger partial charge in [-0.3, -0.25) is 19.5 Å². The number of H-pyrrole nitrogens is 1. The summed E-state index contributed by atoms with van der Waals surface area (Å²) < 4.78 is 0. The number of halogens is 1. The monoisotopic (exact) mass is 537 g/mol. The molecule has 1 aliphatic heterocycles. The Morgan fingerprint density at radius 3 is 2.66 bits per heavy atom. The van der Waals surface area contributed by atoms with E-state index < -0.39 is 17.7 Å². The Bertz CT molecular complexity index is 1320. The number of carbonyl (C=O) groups is 3. The molecule has 0 spiro atoms. The van der Waals surface area contributed by atoms with Gasteiger partial charge in [0.25, 0.3) is 5.91 Å². The van der Waals surface area contributed by atoms with Crippen molar-refractivity contribution in [3.8, 4) is 11.3 Å². The minimum absolute atomic E-state index is 0.153. The van der Waals surface area contributed by atoms with Gasteiger partial charge in [-0.1, -0.05) is 23.7 Å². The lowest BCUT2D eigenvalue weighted by molar-refractivity contribution is -0.125. The average Bonchev–Trinajstić information content (AvgIpc) is 3.56. The Hall–Kier alpha value is -3.85. The molecule has 1 saturated heterocycles. The first-order valence-electron chi connectivity index (χ1n) is 12.5. The predicted octanol–water partition coefficient (Wildman–Crippen LogP) is 4.93. The van der Waals surface area contributed by atoms with Gasteiger partial charge in [-0.2, -0.15) is 0 Å². The van der Waals surface area contributed by atoms with Crippen LogP contribution < -0.4 is 5.32 Å². The van der Waals surface area contributed by atoms with Gasteiger partial charge in [-0.05, 0) is 75.1 Å². The third-order valence-corrected chi connectivity index (χ3v) is 6.92. The van der Waals surface area contributed by atoms with E-state index in [1.807, 2.05) is 39.0 Å². The number of pyridine rings is 1. The maximum atomic E-state index is 13.3. The number of hydrogen-bond acceptors (Lipinski definition) is 4. The minimum Gasteiger partial charge on any atom is -0.465 e. The summed E-state index contributed by atoms with van der Waals surface area (Å²) in [5, 5.41) is 13.1. The largest absolute Gasteiger partial charge is 0.465 e. The fourth-order valence-electron chi connectivity index (χ4n) is 4.61. The molecule has 4 rings (SSSR count). The summed E-state index contributed by atoms with van der Waals surface area (Å²) in [5.74, 6) is -0.500. The van der Waals surface area contributed by atoms with Crippen LogP contribution in [-0.4, -0.2) is 60.9 Å². The highest BCUT2D eigenvalue weighted by atomic mass is 35.5. The van der Waals surface area contributed by atoms with Gasteiger partial charge in [0.1, 0.15) is 11.7 Å². The van der Waals surface area contributed by atoms with Crippen molar-refractivity contribution >= 4 is 29.5 Å². The van der Waals surface area contributed by atoms with Crippen LogP contribution in [0.15, 0.2) is 54.9 Å². The lowest BCUT2D eigenvalue weighted by Crippen LogP contribution is -2.46. The first kappa shape index (κ1) is 27.2.